The van der Waals surface area contributed by atoms with Crippen molar-refractivity contribution in [1.29, 1.82) is 0 Å². The van der Waals surface area contributed by atoms with Gasteiger partial charge in [0.1, 0.15) is 5.75 Å². The predicted molar refractivity (Wildman–Crippen MR) is 104 cm³/mol. The molecule has 0 saturated carbocycles. The van der Waals surface area contributed by atoms with Gasteiger partial charge in [0.05, 0.1) is 16.3 Å². The molecular weight excluding hydrogens is 352 g/mol. The molecule has 0 aliphatic rings. The molecule has 6 heteroatoms. The maximum atomic E-state index is 12.6. The van der Waals surface area contributed by atoms with Gasteiger partial charge in [-0.3, -0.25) is 9.59 Å². The third-order valence-corrected chi connectivity index (χ3v) is 3.92. The Kier molecular flexibility index (Phi) is 7.24. The fourth-order valence-electron chi connectivity index (χ4n) is 2.28. The molecule has 2 rings (SSSR count). The van der Waals surface area contributed by atoms with E-state index in [1.165, 1.54) is 0 Å². The molecule has 1 atom stereocenters. The van der Waals surface area contributed by atoms with Gasteiger partial charge in [0.25, 0.3) is 11.8 Å². The highest BCUT2D eigenvalue weighted by atomic mass is 35.5. The molecule has 0 saturated heterocycles. The fourth-order valence-corrected chi connectivity index (χ4v) is 2.46. The largest absolute Gasteiger partial charge is 0.479 e. The van der Waals surface area contributed by atoms with E-state index in [1.807, 2.05) is 6.92 Å². The number of nitrogens with one attached hydrogen (secondary N) is 2. The topological polar surface area (TPSA) is 67.4 Å². The average Bonchev–Trinajstić information content (AvgIpc) is 2.65. The Labute approximate surface area is 158 Å². The molecule has 0 aliphatic heterocycles. The van der Waals surface area contributed by atoms with Gasteiger partial charge in [0, 0.05) is 6.54 Å². The minimum absolute atomic E-state index is 0.291. The number of ether oxygens (including phenoxy) is 1. The number of hydrogen-bond donors (Lipinski definition) is 2. The molecule has 2 aromatic rings. The molecule has 0 aliphatic carbocycles. The van der Waals surface area contributed by atoms with Gasteiger partial charge >= 0.3 is 0 Å². The summed E-state index contributed by atoms with van der Waals surface area (Å²) in [4.78, 5) is 24.8. The Morgan fingerprint density at radius 3 is 2.58 bits per heavy atom. The van der Waals surface area contributed by atoms with Gasteiger partial charge in [-0.2, -0.15) is 0 Å². The smallest absolute Gasteiger partial charge is 0.265 e. The van der Waals surface area contributed by atoms with E-state index in [4.69, 9.17) is 16.3 Å². The number of hydrogen-bond acceptors (Lipinski definition) is 3. The van der Waals surface area contributed by atoms with E-state index in [9.17, 15) is 9.59 Å². The van der Waals surface area contributed by atoms with Crippen molar-refractivity contribution < 1.29 is 14.3 Å². The van der Waals surface area contributed by atoms with Gasteiger partial charge in [-0.15, -0.1) is 6.58 Å². The SMILES string of the molecule is C=CCNC(=O)c1ccccc1NC(=O)[C@@H](CC)Oc1ccccc1Cl. The fraction of sp³-hybridized carbons (Fsp3) is 0.200. The first-order chi connectivity index (χ1) is 12.6. The van der Waals surface area contributed by atoms with Crippen LogP contribution in [0.25, 0.3) is 0 Å². The van der Waals surface area contributed by atoms with Gasteiger partial charge < -0.3 is 15.4 Å². The van der Waals surface area contributed by atoms with Crippen LogP contribution in [0.2, 0.25) is 5.02 Å². The summed E-state index contributed by atoms with van der Waals surface area (Å²) in [6, 6.07) is 13.8. The summed E-state index contributed by atoms with van der Waals surface area (Å²) in [5, 5.41) is 5.89. The van der Waals surface area contributed by atoms with Crippen molar-refractivity contribution >= 4 is 29.1 Å². The summed E-state index contributed by atoms with van der Waals surface area (Å²) in [5.74, 6) is -0.203. The lowest BCUT2D eigenvalue weighted by molar-refractivity contribution is -0.122. The van der Waals surface area contributed by atoms with E-state index < -0.39 is 6.10 Å². The zero-order chi connectivity index (χ0) is 18.9. The number of carbonyl (C=O) groups excluding carboxylic acids is 2. The van der Waals surface area contributed by atoms with Crippen LogP contribution >= 0.6 is 11.6 Å². The van der Waals surface area contributed by atoms with Crippen LogP contribution in [-0.4, -0.2) is 24.5 Å². The Morgan fingerprint density at radius 1 is 1.19 bits per heavy atom. The van der Waals surface area contributed by atoms with E-state index in [-0.39, 0.29) is 11.8 Å². The van der Waals surface area contributed by atoms with E-state index in [2.05, 4.69) is 17.2 Å². The number of benzene rings is 2. The van der Waals surface area contributed by atoms with Crippen molar-refractivity contribution in [2.75, 3.05) is 11.9 Å². The van der Waals surface area contributed by atoms with E-state index in [1.54, 1.807) is 54.6 Å². The summed E-state index contributed by atoms with van der Waals surface area (Å²) in [6.07, 6.45) is 1.30. The molecule has 0 radical (unpaired) electrons. The first-order valence-corrected chi connectivity index (χ1v) is 8.64. The third kappa shape index (κ3) is 5.10. The Balaban J connectivity index is 2.14. The second-order valence-electron chi connectivity index (χ2n) is 5.48. The van der Waals surface area contributed by atoms with Crippen LogP contribution in [0.15, 0.2) is 61.2 Å². The standard InChI is InChI=1S/C20H21ClN2O3/c1-3-13-22-19(24)14-9-5-7-11-16(14)23-20(25)17(4-2)26-18-12-8-6-10-15(18)21/h3,5-12,17H,1,4,13H2,2H3,(H,22,24)(H,23,25)/t17-/m1/s1. The number of rotatable bonds is 8. The number of para-hydroxylation sites is 2. The summed E-state index contributed by atoms with van der Waals surface area (Å²) in [7, 11) is 0. The van der Waals surface area contributed by atoms with Crippen LogP contribution in [0.3, 0.4) is 0 Å². The van der Waals surface area contributed by atoms with Crippen LogP contribution in [0.1, 0.15) is 23.7 Å². The van der Waals surface area contributed by atoms with Gasteiger partial charge in [-0.05, 0) is 30.7 Å². The third-order valence-electron chi connectivity index (χ3n) is 3.61. The summed E-state index contributed by atoms with van der Waals surface area (Å²) < 4.78 is 5.74. The number of halogens is 1. The minimum atomic E-state index is -0.737. The van der Waals surface area contributed by atoms with Gasteiger partial charge in [-0.25, -0.2) is 0 Å². The Bertz CT molecular complexity index is 792. The highest BCUT2D eigenvalue weighted by Gasteiger charge is 2.21. The molecule has 2 aromatic carbocycles. The quantitative estimate of drug-likeness (QED) is 0.687. The molecular formula is C20H21ClN2O3. The molecule has 5 nitrogen and oxygen atoms in total. The highest BCUT2D eigenvalue weighted by molar-refractivity contribution is 6.32. The zero-order valence-corrected chi connectivity index (χ0v) is 15.3. The first-order valence-electron chi connectivity index (χ1n) is 8.27. The molecule has 26 heavy (non-hydrogen) atoms. The van der Waals surface area contributed by atoms with Crippen molar-refractivity contribution in [3.63, 3.8) is 0 Å². The zero-order valence-electron chi connectivity index (χ0n) is 14.5. The number of anilines is 1. The second-order valence-corrected chi connectivity index (χ2v) is 5.89. The van der Waals surface area contributed by atoms with Crippen LogP contribution in [0, 0.1) is 0 Å². The van der Waals surface area contributed by atoms with Crippen molar-refractivity contribution in [3.05, 3.63) is 71.8 Å². The van der Waals surface area contributed by atoms with Crippen molar-refractivity contribution in [3.8, 4) is 5.75 Å². The van der Waals surface area contributed by atoms with Gasteiger partial charge in [-0.1, -0.05) is 48.9 Å². The average molecular weight is 373 g/mol. The lowest BCUT2D eigenvalue weighted by atomic mass is 10.1. The summed E-state index contributed by atoms with van der Waals surface area (Å²) in [5.41, 5.74) is 0.788. The van der Waals surface area contributed by atoms with Crippen LogP contribution in [0.5, 0.6) is 5.75 Å². The maximum absolute atomic E-state index is 12.6. The van der Waals surface area contributed by atoms with Crippen LogP contribution in [-0.2, 0) is 4.79 Å². The Hall–Kier alpha value is -2.79. The molecule has 0 aromatic heterocycles. The predicted octanol–water partition coefficient (Wildman–Crippen LogP) is 4.05. The van der Waals surface area contributed by atoms with E-state index >= 15 is 0 Å². The molecule has 2 amide bonds. The van der Waals surface area contributed by atoms with Crippen LogP contribution < -0.4 is 15.4 Å². The van der Waals surface area contributed by atoms with Gasteiger partial charge in [0.15, 0.2) is 6.10 Å². The van der Waals surface area contributed by atoms with Crippen molar-refractivity contribution in [2.24, 2.45) is 0 Å². The summed E-state index contributed by atoms with van der Waals surface area (Å²) >= 11 is 6.09. The Morgan fingerprint density at radius 2 is 1.88 bits per heavy atom. The van der Waals surface area contributed by atoms with Crippen molar-refractivity contribution in [1.82, 2.24) is 5.32 Å². The lowest BCUT2D eigenvalue weighted by Gasteiger charge is -2.19. The van der Waals surface area contributed by atoms with E-state index in [0.717, 1.165) is 0 Å². The highest BCUT2D eigenvalue weighted by Crippen LogP contribution is 2.25. The molecule has 0 bridgehead atoms. The second kappa shape index (κ2) is 9.63. The molecule has 0 fully saturated rings. The molecule has 0 unspecified atom stereocenters. The number of amides is 2. The van der Waals surface area contributed by atoms with Crippen LogP contribution in [0.4, 0.5) is 5.69 Å². The number of carbonyl (C=O) groups is 2. The molecule has 0 spiro atoms. The first kappa shape index (κ1) is 19.5. The molecule has 0 heterocycles. The van der Waals surface area contributed by atoms with Gasteiger partial charge in [0.2, 0.25) is 0 Å². The van der Waals surface area contributed by atoms with E-state index in [0.29, 0.717) is 35.0 Å². The monoisotopic (exact) mass is 372 g/mol. The summed E-state index contributed by atoms with van der Waals surface area (Å²) in [6.45, 7) is 5.75. The molecule has 2 N–H and O–H groups in total. The lowest BCUT2D eigenvalue weighted by Crippen LogP contribution is -2.33. The van der Waals surface area contributed by atoms with Crippen molar-refractivity contribution in [2.45, 2.75) is 19.4 Å². The minimum Gasteiger partial charge on any atom is -0.479 e. The maximum Gasteiger partial charge on any atom is 0.265 e. The normalized spacial score (nSPS) is 11.3. The molecule has 136 valence electrons.